The van der Waals surface area contributed by atoms with E-state index in [-0.39, 0.29) is 18.4 Å². The highest BCUT2D eigenvalue weighted by Crippen LogP contribution is 2.20. The van der Waals surface area contributed by atoms with Gasteiger partial charge in [-0.1, -0.05) is 13.3 Å². The summed E-state index contributed by atoms with van der Waals surface area (Å²) in [7, 11) is -3.24. The van der Waals surface area contributed by atoms with Gasteiger partial charge in [-0.2, -0.15) is 5.10 Å². The molecule has 1 atom stereocenters. The first-order valence-corrected chi connectivity index (χ1v) is 9.05. The van der Waals surface area contributed by atoms with Crippen molar-refractivity contribution in [2.24, 2.45) is 5.92 Å². The number of nitrogens with one attached hydrogen (secondary N) is 2. The first kappa shape index (κ1) is 16.0. The van der Waals surface area contributed by atoms with Gasteiger partial charge in [0.25, 0.3) is 0 Å². The number of carbonyl (C=O) groups excluding carboxylic acids is 1. The van der Waals surface area contributed by atoms with Crippen molar-refractivity contribution < 1.29 is 13.2 Å². The Morgan fingerprint density at radius 3 is 3.00 bits per heavy atom. The molecule has 1 aromatic heterocycles. The zero-order valence-electron chi connectivity index (χ0n) is 12.4. The lowest BCUT2D eigenvalue weighted by molar-refractivity contribution is -0.120. The first-order chi connectivity index (χ1) is 9.90. The van der Waals surface area contributed by atoms with Crippen molar-refractivity contribution in [2.45, 2.75) is 32.6 Å². The van der Waals surface area contributed by atoms with Crippen LogP contribution in [0.1, 0.15) is 31.9 Å². The van der Waals surface area contributed by atoms with Crippen LogP contribution in [0.3, 0.4) is 0 Å². The molecule has 7 nitrogen and oxygen atoms in total. The molecule has 0 spiro atoms. The van der Waals surface area contributed by atoms with Crippen LogP contribution in [0.15, 0.2) is 6.07 Å². The molecule has 1 fully saturated rings. The molecule has 21 heavy (non-hydrogen) atoms. The van der Waals surface area contributed by atoms with Crippen molar-refractivity contribution in [3.63, 3.8) is 0 Å². The molecule has 1 aromatic rings. The Bertz CT molecular complexity index is 596. The topological polar surface area (TPSA) is 95.2 Å². The van der Waals surface area contributed by atoms with Gasteiger partial charge in [0, 0.05) is 24.8 Å². The van der Waals surface area contributed by atoms with E-state index < -0.39 is 10.0 Å². The molecule has 0 aliphatic carbocycles. The van der Waals surface area contributed by atoms with Gasteiger partial charge in [-0.05, 0) is 19.3 Å². The average molecular weight is 314 g/mol. The van der Waals surface area contributed by atoms with Gasteiger partial charge in [0.15, 0.2) is 5.82 Å². The van der Waals surface area contributed by atoms with Gasteiger partial charge in [-0.15, -0.1) is 0 Å². The van der Waals surface area contributed by atoms with Gasteiger partial charge < -0.3 is 5.32 Å². The Morgan fingerprint density at radius 2 is 2.33 bits per heavy atom. The Hall–Kier alpha value is -1.41. The SMILES string of the molecule is CCCc1cc(NC(=O)C2CCCN(S(C)(=O)=O)C2)n[nH]1. The molecule has 2 rings (SSSR count). The summed E-state index contributed by atoms with van der Waals surface area (Å²) in [5.41, 5.74) is 0.981. The van der Waals surface area contributed by atoms with Crippen molar-refractivity contribution in [3.8, 4) is 0 Å². The van der Waals surface area contributed by atoms with Gasteiger partial charge in [0.1, 0.15) is 0 Å². The Kier molecular flexibility index (Phi) is 5.00. The molecular formula is C13H22N4O3S. The summed E-state index contributed by atoms with van der Waals surface area (Å²) >= 11 is 0. The molecular weight excluding hydrogens is 292 g/mol. The van der Waals surface area contributed by atoms with Crippen LogP contribution in [-0.2, 0) is 21.2 Å². The summed E-state index contributed by atoms with van der Waals surface area (Å²) < 4.78 is 24.5. The Labute approximate surface area is 125 Å². The van der Waals surface area contributed by atoms with Crippen molar-refractivity contribution in [3.05, 3.63) is 11.8 Å². The lowest BCUT2D eigenvalue weighted by atomic mass is 9.99. The highest BCUT2D eigenvalue weighted by molar-refractivity contribution is 7.88. The molecule has 1 aliphatic rings. The van der Waals surface area contributed by atoms with E-state index in [9.17, 15) is 13.2 Å². The third kappa shape index (κ3) is 4.28. The Morgan fingerprint density at radius 1 is 1.57 bits per heavy atom. The molecule has 8 heteroatoms. The lowest BCUT2D eigenvalue weighted by Gasteiger charge is -2.29. The number of rotatable bonds is 5. The van der Waals surface area contributed by atoms with E-state index in [1.807, 2.05) is 6.07 Å². The zero-order valence-corrected chi connectivity index (χ0v) is 13.2. The number of aromatic nitrogens is 2. The number of carbonyl (C=O) groups is 1. The van der Waals surface area contributed by atoms with Crippen LogP contribution in [0.5, 0.6) is 0 Å². The van der Waals surface area contributed by atoms with E-state index in [2.05, 4.69) is 22.4 Å². The minimum atomic E-state index is -3.24. The van der Waals surface area contributed by atoms with E-state index in [0.717, 1.165) is 18.5 Å². The minimum absolute atomic E-state index is 0.169. The van der Waals surface area contributed by atoms with Crippen LogP contribution >= 0.6 is 0 Å². The number of sulfonamides is 1. The molecule has 0 aromatic carbocycles. The molecule has 0 radical (unpaired) electrons. The third-order valence-corrected chi connectivity index (χ3v) is 4.90. The number of piperidine rings is 1. The van der Waals surface area contributed by atoms with Crippen molar-refractivity contribution in [1.82, 2.24) is 14.5 Å². The van der Waals surface area contributed by atoms with Gasteiger partial charge in [0.05, 0.1) is 12.2 Å². The molecule has 1 amide bonds. The Balaban J connectivity index is 1.96. The monoisotopic (exact) mass is 314 g/mol. The highest BCUT2D eigenvalue weighted by atomic mass is 32.2. The normalized spacial score (nSPS) is 20.4. The molecule has 1 aliphatic heterocycles. The van der Waals surface area contributed by atoms with E-state index in [4.69, 9.17) is 0 Å². The highest BCUT2D eigenvalue weighted by Gasteiger charge is 2.30. The van der Waals surface area contributed by atoms with Gasteiger partial charge in [-0.3, -0.25) is 9.89 Å². The van der Waals surface area contributed by atoms with Gasteiger partial charge in [0.2, 0.25) is 15.9 Å². The predicted octanol–water partition coefficient (Wildman–Crippen LogP) is 0.972. The fourth-order valence-electron chi connectivity index (χ4n) is 2.51. The molecule has 1 unspecified atom stereocenters. The van der Waals surface area contributed by atoms with Gasteiger partial charge >= 0.3 is 0 Å². The van der Waals surface area contributed by atoms with Crippen molar-refractivity contribution >= 4 is 21.7 Å². The van der Waals surface area contributed by atoms with Crippen molar-refractivity contribution in [2.75, 3.05) is 24.7 Å². The van der Waals surface area contributed by atoms with Crippen LogP contribution in [-0.4, -0.2) is 48.2 Å². The van der Waals surface area contributed by atoms with E-state index in [1.54, 1.807) is 0 Å². The fourth-order valence-corrected chi connectivity index (χ4v) is 3.42. The number of H-pyrrole nitrogens is 1. The summed E-state index contributed by atoms with van der Waals surface area (Å²) in [4.78, 5) is 12.2. The standard InChI is InChI=1S/C13H22N4O3S/c1-3-5-11-8-12(16-15-11)14-13(18)10-6-4-7-17(9-10)21(2,19)20/h8,10H,3-7,9H2,1-2H3,(H2,14,15,16,18). The summed E-state index contributed by atoms with van der Waals surface area (Å²) in [5, 5.41) is 9.69. The third-order valence-electron chi connectivity index (χ3n) is 3.63. The number of hydrogen-bond donors (Lipinski definition) is 2. The molecule has 2 heterocycles. The number of hydrogen-bond acceptors (Lipinski definition) is 4. The number of anilines is 1. The molecule has 1 saturated heterocycles. The summed E-state index contributed by atoms with van der Waals surface area (Å²) in [5.74, 6) is 0.0117. The zero-order chi connectivity index (χ0) is 15.5. The maximum Gasteiger partial charge on any atom is 0.230 e. The largest absolute Gasteiger partial charge is 0.309 e. The van der Waals surface area contributed by atoms with Gasteiger partial charge in [-0.25, -0.2) is 12.7 Å². The van der Waals surface area contributed by atoms with Crippen LogP contribution in [0.2, 0.25) is 0 Å². The average Bonchev–Trinajstić information content (AvgIpc) is 2.86. The molecule has 2 N–H and O–H groups in total. The van der Waals surface area contributed by atoms with E-state index >= 15 is 0 Å². The first-order valence-electron chi connectivity index (χ1n) is 7.20. The molecule has 0 bridgehead atoms. The number of aryl methyl sites for hydroxylation is 1. The van der Waals surface area contributed by atoms with Crippen LogP contribution in [0, 0.1) is 5.92 Å². The van der Waals surface area contributed by atoms with E-state index in [1.165, 1.54) is 10.6 Å². The molecule has 0 saturated carbocycles. The minimum Gasteiger partial charge on any atom is -0.309 e. The number of amides is 1. The second-order valence-corrected chi connectivity index (χ2v) is 7.46. The van der Waals surface area contributed by atoms with Crippen molar-refractivity contribution in [1.29, 1.82) is 0 Å². The van der Waals surface area contributed by atoms with E-state index in [0.29, 0.717) is 25.2 Å². The predicted molar refractivity (Wildman–Crippen MR) is 80.4 cm³/mol. The molecule has 118 valence electrons. The maximum atomic E-state index is 12.2. The number of aromatic amines is 1. The number of nitrogens with zero attached hydrogens (tertiary/aromatic N) is 2. The fraction of sp³-hybridized carbons (Fsp3) is 0.692. The van der Waals surface area contributed by atoms with Crippen LogP contribution in [0.4, 0.5) is 5.82 Å². The summed E-state index contributed by atoms with van der Waals surface area (Å²) in [6, 6.07) is 1.82. The van der Waals surface area contributed by atoms with Crippen LogP contribution in [0.25, 0.3) is 0 Å². The lowest BCUT2D eigenvalue weighted by Crippen LogP contribution is -2.43. The quantitative estimate of drug-likeness (QED) is 0.846. The van der Waals surface area contributed by atoms with Crippen LogP contribution < -0.4 is 5.32 Å². The second kappa shape index (κ2) is 6.57. The second-order valence-electron chi connectivity index (χ2n) is 5.48. The smallest absolute Gasteiger partial charge is 0.230 e. The maximum absolute atomic E-state index is 12.2. The summed E-state index contributed by atoms with van der Waals surface area (Å²) in [6.07, 6.45) is 4.46. The summed E-state index contributed by atoms with van der Waals surface area (Å²) in [6.45, 7) is 2.81.